The minimum atomic E-state index is -0.00648. The first-order chi connectivity index (χ1) is 12.0. The Hall–Kier alpha value is -1.28. The van der Waals surface area contributed by atoms with E-state index in [-0.39, 0.29) is 5.92 Å². The third-order valence-electron chi connectivity index (χ3n) is 3.64. The van der Waals surface area contributed by atoms with E-state index in [1.807, 2.05) is 38.6 Å². The van der Waals surface area contributed by atoms with Gasteiger partial charge in [-0.05, 0) is 35.1 Å². The van der Waals surface area contributed by atoms with E-state index in [0.29, 0.717) is 11.8 Å². The molecular formula is C23H38OS. The molecule has 1 aromatic rings. The highest BCUT2D eigenvalue weighted by atomic mass is 32.2. The van der Waals surface area contributed by atoms with Crippen molar-refractivity contribution < 1.29 is 4.79 Å². The van der Waals surface area contributed by atoms with Crippen LogP contribution in [0, 0.1) is 11.8 Å². The maximum atomic E-state index is 10.3. The van der Waals surface area contributed by atoms with E-state index in [0.717, 1.165) is 18.5 Å². The molecule has 0 aromatic heterocycles. The van der Waals surface area contributed by atoms with Gasteiger partial charge in [0.25, 0.3) is 0 Å². The van der Waals surface area contributed by atoms with Gasteiger partial charge >= 0.3 is 0 Å². The van der Waals surface area contributed by atoms with Crippen molar-refractivity contribution in [3.8, 4) is 0 Å². The monoisotopic (exact) mass is 362 g/mol. The third-order valence-corrected chi connectivity index (χ3v) is 4.59. The van der Waals surface area contributed by atoms with Crippen LogP contribution in [0.5, 0.6) is 0 Å². The zero-order valence-electron chi connectivity index (χ0n) is 17.1. The quantitative estimate of drug-likeness (QED) is 0.339. The molecule has 0 spiro atoms. The van der Waals surface area contributed by atoms with E-state index in [9.17, 15) is 4.79 Å². The van der Waals surface area contributed by atoms with Crippen LogP contribution in [0.15, 0.2) is 49.6 Å². The maximum absolute atomic E-state index is 10.3. The lowest BCUT2D eigenvalue weighted by Gasteiger charge is -2.07. The van der Waals surface area contributed by atoms with Gasteiger partial charge in [0.15, 0.2) is 0 Å². The van der Waals surface area contributed by atoms with Crippen LogP contribution >= 0.6 is 11.8 Å². The smallest absolute Gasteiger partial charge is 0.126 e. The summed E-state index contributed by atoms with van der Waals surface area (Å²) >= 11 is 1.98. The number of aldehydes is 1. The minimum Gasteiger partial charge on any atom is -0.303 e. The SMILES string of the molecule is C=CC(C)CC(C=C)C=O.CC.CCSCc1ccc(C(C)C)cc1. The number of hydrogen-bond acceptors (Lipinski definition) is 2. The van der Waals surface area contributed by atoms with Crippen molar-refractivity contribution in [2.45, 2.75) is 59.6 Å². The topological polar surface area (TPSA) is 17.1 Å². The van der Waals surface area contributed by atoms with Crippen LogP contribution in [0.1, 0.15) is 65.0 Å². The molecule has 0 radical (unpaired) electrons. The van der Waals surface area contributed by atoms with Gasteiger partial charge in [0.2, 0.25) is 0 Å². The Bertz CT molecular complexity index is 440. The third kappa shape index (κ3) is 13.7. The summed E-state index contributed by atoms with van der Waals surface area (Å²) in [6, 6.07) is 8.99. The highest BCUT2D eigenvalue weighted by molar-refractivity contribution is 7.98. The number of hydrogen-bond donors (Lipinski definition) is 0. The molecule has 0 aliphatic heterocycles. The summed E-state index contributed by atoms with van der Waals surface area (Å²) in [6.07, 6.45) is 5.27. The van der Waals surface area contributed by atoms with Crippen molar-refractivity contribution in [1.82, 2.24) is 0 Å². The Morgan fingerprint density at radius 2 is 1.60 bits per heavy atom. The lowest BCUT2D eigenvalue weighted by atomic mass is 9.97. The van der Waals surface area contributed by atoms with Gasteiger partial charge in [-0.1, -0.05) is 78.0 Å². The van der Waals surface area contributed by atoms with E-state index < -0.39 is 0 Å². The molecule has 0 bridgehead atoms. The summed E-state index contributed by atoms with van der Waals surface area (Å²) in [7, 11) is 0. The highest BCUT2D eigenvalue weighted by Gasteiger charge is 2.04. The molecule has 0 fully saturated rings. The predicted octanol–water partition coefficient (Wildman–Crippen LogP) is 7.29. The van der Waals surface area contributed by atoms with Crippen LogP contribution in [0.3, 0.4) is 0 Å². The summed E-state index contributed by atoms with van der Waals surface area (Å²) in [5, 5.41) is 0. The Morgan fingerprint density at radius 1 is 1.04 bits per heavy atom. The highest BCUT2D eigenvalue weighted by Crippen LogP contribution is 2.17. The molecule has 0 heterocycles. The van der Waals surface area contributed by atoms with E-state index in [4.69, 9.17) is 0 Å². The van der Waals surface area contributed by atoms with E-state index >= 15 is 0 Å². The number of carbonyl (C=O) groups is 1. The van der Waals surface area contributed by atoms with Gasteiger partial charge in [-0.3, -0.25) is 0 Å². The van der Waals surface area contributed by atoms with Crippen LogP contribution in [0.2, 0.25) is 0 Å². The molecule has 0 aliphatic carbocycles. The van der Waals surface area contributed by atoms with Crippen molar-refractivity contribution in [1.29, 1.82) is 0 Å². The number of allylic oxidation sites excluding steroid dienone is 2. The van der Waals surface area contributed by atoms with Gasteiger partial charge in [-0.25, -0.2) is 0 Å². The predicted molar refractivity (Wildman–Crippen MR) is 117 cm³/mol. The second-order valence-corrected chi connectivity index (χ2v) is 7.29. The molecule has 1 rings (SSSR count). The molecule has 142 valence electrons. The molecule has 2 atom stereocenters. The Labute approximate surface area is 161 Å². The second kappa shape index (κ2) is 17.5. The van der Waals surface area contributed by atoms with Gasteiger partial charge in [0.05, 0.1) is 0 Å². The molecule has 0 saturated carbocycles. The molecule has 1 aromatic carbocycles. The summed E-state index contributed by atoms with van der Waals surface area (Å²) in [4.78, 5) is 10.3. The first-order valence-electron chi connectivity index (χ1n) is 9.35. The first-order valence-corrected chi connectivity index (χ1v) is 10.5. The van der Waals surface area contributed by atoms with Gasteiger partial charge < -0.3 is 4.79 Å². The lowest BCUT2D eigenvalue weighted by molar-refractivity contribution is -0.110. The zero-order valence-corrected chi connectivity index (χ0v) is 17.9. The molecule has 0 aliphatic rings. The molecule has 0 saturated heterocycles. The summed E-state index contributed by atoms with van der Waals surface area (Å²) in [6.45, 7) is 19.9. The van der Waals surface area contributed by atoms with Crippen molar-refractivity contribution in [2.24, 2.45) is 11.8 Å². The fourth-order valence-corrected chi connectivity index (χ4v) is 2.58. The Morgan fingerprint density at radius 3 is 1.96 bits per heavy atom. The van der Waals surface area contributed by atoms with Crippen LogP contribution in [-0.2, 0) is 10.5 Å². The second-order valence-electron chi connectivity index (χ2n) is 6.02. The minimum absolute atomic E-state index is 0.00648. The number of rotatable bonds is 9. The van der Waals surface area contributed by atoms with Gasteiger partial charge in [-0.15, -0.1) is 13.2 Å². The first kappa shape index (κ1) is 26.0. The Balaban J connectivity index is 0. The molecule has 1 nitrogen and oxygen atoms in total. The average Bonchev–Trinajstić information content (AvgIpc) is 2.66. The number of thioether (sulfide) groups is 1. The fraction of sp³-hybridized carbons (Fsp3) is 0.522. The van der Waals surface area contributed by atoms with Crippen molar-refractivity contribution in [2.75, 3.05) is 5.75 Å². The number of benzene rings is 1. The van der Waals surface area contributed by atoms with Crippen molar-refractivity contribution >= 4 is 18.0 Å². The lowest BCUT2D eigenvalue weighted by Crippen LogP contribution is -2.02. The number of carbonyl (C=O) groups excluding carboxylic acids is 1. The van der Waals surface area contributed by atoms with Crippen LogP contribution < -0.4 is 0 Å². The van der Waals surface area contributed by atoms with Gasteiger partial charge in [-0.2, -0.15) is 11.8 Å². The van der Waals surface area contributed by atoms with Crippen molar-refractivity contribution in [3.63, 3.8) is 0 Å². The molecule has 25 heavy (non-hydrogen) atoms. The van der Waals surface area contributed by atoms with Gasteiger partial charge in [0.1, 0.15) is 6.29 Å². The largest absolute Gasteiger partial charge is 0.303 e. The molecular weight excluding hydrogens is 324 g/mol. The van der Waals surface area contributed by atoms with Crippen molar-refractivity contribution in [3.05, 3.63) is 60.7 Å². The summed E-state index contributed by atoms with van der Waals surface area (Å²) in [5.41, 5.74) is 2.88. The standard InChI is InChI=1S/C12H18S.C9H14O.C2H6/c1-4-13-9-11-5-7-12(8-6-11)10(2)3;1-4-8(3)6-9(5-2)7-10;1-2/h5-8,10H,4,9H2,1-3H3;4-5,7-9H,1-2,6H2,3H3;1-2H3. The molecule has 2 unspecified atom stereocenters. The van der Waals surface area contributed by atoms with Crippen LogP contribution in [-0.4, -0.2) is 12.0 Å². The Kier molecular flexibility index (Phi) is 18.2. The molecule has 2 heteroatoms. The van der Waals surface area contributed by atoms with Crippen LogP contribution in [0.25, 0.3) is 0 Å². The average molecular weight is 363 g/mol. The molecule has 0 N–H and O–H groups in total. The summed E-state index contributed by atoms with van der Waals surface area (Å²) < 4.78 is 0. The van der Waals surface area contributed by atoms with E-state index in [2.05, 4.69) is 58.2 Å². The zero-order chi connectivity index (χ0) is 19.7. The van der Waals surface area contributed by atoms with E-state index in [1.165, 1.54) is 16.9 Å². The van der Waals surface area contributed by atoms with Crippen LogP contribution in [0.4, 0.5) is 0 Å². The fourth-order valence-electron chi connectivity index (χ4n) is 1.95. The van der Waals surface area contributed by atoms with Gasteiger partial charge in [0, 0.05) is 11.7 Å². The van der Waals surface area contributed by atoms with E-state index in [1.54, 1.807) is 6.08 Å². The normalized spacial score (nSPS) is 12.0. The molecule has 0 amide bonds. The summed E-state index contributed by atoms with van der Waals surface area (Å²) in [5.74, 6) is 3.38. The maximum Gasteiger partial charge on any atom is 0.126 e.